The third-order valence-electron chi connectivity index (χ3n) is 3.15. The van der Waals surface area contributed by atoms with Gasteiger partial charge in [0.2, 0.25) is 0 Å². The van der Waals surface area contributed by atoms with Gasteiger partial charge in [-0.3, -0.25) is 14.5 Å². The molecule has 0 aliphatic carbocycles. The zero-order valence-corrected chi connectivity index (χ0v) is 14.1. The van der Waals surface area contributed by atoms with Crippen LogP contribution in [0.25, 0.3) is 6.08 Å². The maximum absolute atomic E-state index is 12.2. The maximum Gasteiger partial charge on any atom is 0.343 e. The number of ether oxygens (including phenoxy) is 3. The molecule has 1 aliphatic heterocycles. The van der Waals surface area contributed by atoms with Crippen LogP contribution in [0.15, 0.2) is 29.2 Å². The predicted molar refractivity (Wildman–Crippen MR) is 88.5 cm³/mol. The summed E-state index contributed by atoms with van der Waals surface area (Å²) in [6.45, 7) is 0.366. The van der Waals surface area contributed by atoms with E-state index in [1.165, 1.54) is 14.2 Å². The van der Waals surface area contributed by atoms with Gasteiger partial charge in [0.1, 0.15) is 5.75 Å². The molecule has 0 unspecified atom stereocenters. The highest BCUT2D eigenvalue weighted by Gasteiger charge is 2.34. The van der Waals surface area contributed by atoms with Crippen molar-refractivity contribution in [2.75, 3.05) is 34.0 Å². The number of benzene rings is 1. The monoisotopic (exact) mass is 351 g/mol. The highest BCUT2D eigenvalue weighted by atomic mass is 32.2. The average molecular weight is 351 g/mol. The van der Waals surface area contributed by atoms with Gasteiger partial charge in [-0.1, -0.05) is 12.1 Å². The summed E-state index contributed by atoms with van der Waals surface area (Å²) in [6, 6.07) is 6.80. The summed E-state index contributed by atoms with van der Waals surface area (Å²) in [5.41, 5.74) is 0.748. The standard InChI is InChI=1S/C16H17NO6S/c1-21-8-7-17-15(19)13(24-16(17)20)9-11-3-5-12(6-4-11)23-10-14(18)22-2/h3-6,9H,7-8,10H2,1-2H3/b13-9+. The number of amides is 2. The smallest absolute Gasteiger partial charge is 0.343 e. The molecule has 1 saturated heterocycles. The van der Waals surface area contributed by atoms with E-state index in [0.29, 0.717) is 17.3 Å². The van der Waals surface area contributed by atoms with Gasteiger partial charge >= 0.3 is 5.97 Å². The lowest BCUT2D eigenvalue weighted by Gasteiger charge is -2.10. The van der Waals surface area contributed by atoms with Crippen LogP contribution in [0.1, 0.15) is 5.56 Å². The maximum atomic E-state index is 12.2. The second kappa shape index (κ2) is 8.51. The fraction of sp³-hybridized carbons (Fsp3) is 0.312. The van der Waals surface area contributed by atoms with Crippen LogP contribution in [0.2, 0.25) is 0 Å². The van der Waals surface area contributed by atoms with Crippen molar-refractivity contribution in [2.24, 2.45) is 0 Å². The first-order chi connectivity index (χ1) is 11.5. The van der Waals surface area contributed by atoms with Gasteiger partial charge < -0.3 is 14.2 Å². The Labute approximate surface area is 143 Å². The summed E-state index contributed by atoms with van der Waals surface area (Å²) in [5, 5.41) is -0.304. The van der Waals surface area contributed by atoms with Gasteiger partial charge in [-0.05, 0) is 35.5 Å². The molecular formula is C16H17NO6S. The molecule has 0 radical (unpaired) electrons. The normalized spacial score (nSPS) is 15.9. The van der Waals surface area contributed by atoms with E-state index in [-0.39, 0.29) is 24.3 Å². The molecule has 1 heterocycles. The van der Waals surface area contributed by atoms with Gasteiger partial charge in [-0.25, -0.2) is 4.79 Å². The van der Waals surface area contributed by atoms with Crippen LogP contribution >= 0.6 is 11.8 Å². The molecule has 7 nitrogen and oxygen atoms in total. The van der Waals surface area contributed by atoms with E-state index in [1.807, 2.05) is 0 Å². The number of imide groups is 1. The first kappa shape index (κ1) is 18.0. The number of hydrogen-bond donors (Lipinski definition) is 0. The molecule has 0 aromatic heterocycles. The summed E-state index contributed by atoms with van der Waals surface area (Å²) in [4.78, 5) is 36.6. The average Bonchev–Trinajstić information content (AvgIpc) is 2.85. The Hall–Kier alpha value is -2.32. The van der Waals surface area contributed by atoms with Crippen molar-refractivity contribution >= 4 is 35.0 Å². The molecule has 0 saturated carbocycles. The molecule has 1 aliphatic rings. The van der Waals surface area contributed by atoms with E-state index in [2.05, 4.69) is 4.74 Å². The van der Waals surface area contributed by atoms with E-state index in [4.69, 9.17) is 9.47 Å². The minimum Gasteiger partial charge on any atom is -0.482 e. The number of rotatable bonds is 7. The number of thioether (sulfide) groups is 1. The number of hydrogen-bond acceptors (Lipinski definition) is 7. The molecule has 0 spiro atoms. The Kier molecular flexibility index (Phi) is 6.39. The lowest BCUT2D eigenvalue weighted by molar-refractivity contribution is -0.142. The molecule has 0 bridgehead atoms. The van der Waals surface area contributed by atoms with E-state index < -0.39 is 5.97 Å². The van der Waals surface area contributed by atoms with Gasteiger partial charge in [-0.15, -0.1) is 0 Å². The van der Waals surface area contributed by atoms with E-state index >= 15 is 0 Å². The Balaban J connectivity index is 2.02. The Bertz CT molecular complexity index is 655. The van der Waals surface area contributed by atoms with Gasteiger partial charge in [0.25, 0.3) is 11.1 Å². The van der Waals surface area contributed by atoms with Crippen LogP contribution in [0, 0.1) is 0 Å². The topological polar surface area (TPSA) is 82.1 Å². The van der Waals surface area contributed by atoms with Gasteiger partial charge in [0, 0.05) is 7.11 Å². The first-order valence-electron chi connectivity index (χ1n) is 7.09. The molecule has 1 fully saturated rings. The molecule has 0 atom stereocenters. The number of esters is 1. The van der Waals surface area contributed by atoms with Crippen LogP contribution < -0.4 is 4.74 Å². The van der Waals surface area contributed by atoms with Crippen molar-refractivity contribution < 1.29 is 28.6 Å². The molecule has 8 heteroatoms. The second-order valence-corrected chi connectivity index (χ2v) is 5.75. The van der Waals surface area contributed by atoms with Crippen molar-refractivity contribution in [2.45, 2.75) is 0 Å². The minimum atomic E-state index is -0.469. The molecule has 0 N–H and O–H groups in total. The Morgan fingerprint density at radius 1 is 1.21 bits per heavy atom. The summed E-state index contributed by atoms with van der Waals surface area (Å²) >= 11 is 0.899. The van der Waals surface area contributed by atoms with Crippen molar-refractivity contribution in [1.82, 2.24) is 4.90 Å². The molecule has 1 aromatic carbocycles. The molecule has 1 aromatic rings. The third kappa shape index (κ3) is 4.59. The number of carbonyl (C=O) groups is 3. The minimum absolute atomic E-state index is 0.172. The zero-order chi connectivity index (χ0) is 17.5. The van der Waals surface area contributed by atoms with Crippen molar-refractivity contribution in [3.8, 4) is 5.75 Å². The van der Waals surface area contributed by atoms with E-state index in [0.717, 1.165) is 22.2 Å². The van der Waals surface area contributed by atoms with Crippen LogP contribution in [0.5, 0.6) is 5.75 Å². The largest absolute Gasteiger partial charge is 0.482 e. The predicted octanol–water partition coefficient (Wildman–Crippen LogP) is 1.92. The van der Waals surface area contributed by atoms with Crippen LogP contribution in [0.4, 0.5) is 4.79 Å². The fourth-order valence-electron chi connectivity index (χ4n) is 1.89. The van der Waals surface area contributed by atoms with Crippen molar-refractivity contribution in [1.29, 1.82) is 0 Å². The van der Waals surface area contributed by atoms with Crippen molar-refractivity contribution in [3.63, 3.8) is 0 Å². The lowest BCUT2D eigenvalue weighted by atomic mass is 10.2. The highest BCUT2D eigenvalue weighted by Crippen LogP contribution is 2.32. The molecule has 128 valence electrons. The van der Waals surface area contributed by atoms with Gasteiger partial charge in [0.15, 0.2) is 6.61 Å². The quantitative estimate of drug-likeness (QED) is 0.548. The summed E-state index contributed by atoms with van der Waals surface area (Å²) < 4.78 is 14.6. The number of carbonyl (C=O) groups excluding carboxylic acids is 3. The molecule has 24 heavy (non-hydrogen) atoms. The lowest BCUT2D eigenvalue weighted by Crippen LogP contribution is -2.31. The van der Waals surface area contributed by atoms with Crippen LogP contribution in [-0.4, -0.2) is 56.0 Å². The third-order valence-corrected chi connectivity index (χ3v) is 4.06. The first-order valence-corrected chi connectivity index (χ1v) is 7.90. The van der Waals surface area contributed by atoms with Gasteiger partial charge in [-0.2, -0.15) is 0 Å². The summed E-state index contributed by atoms with van der Waals surface area (Å²) in [7, 11) is 2.80. The molecular weight excluding hydrogens is 334 g/mol. The molecule has 2 rings (SSSR count). The number of methoxy groups -OCH3 is 2. The second-order valence-electron chi connectivity index (χ2n) is 4.76. The van der Waals surface area contributed by atoms with Gasteiger partial charge in [0.05, 0.1) is 25.2 Å². The highest BCUT2D eigenvalue weighted by molar-refractivity contribution is 8.18. The Morgan fingerprint density at radius 3 is 2.54 bits per heavy atom. The summed E-state index contributed by atoms with van der Waals surface area (Å²) in [5.74, 6) is -0.289. The van der Waals surface area contributed by atoms with E-state index in [9.17, 15) is 14.4 Å². The summed E-state index contributed by atoms with van der Waals surface area (Å²) in [6.07, 6.45) is 1.64. The van der Waals surface area contributed by atoms with Crippen LogP contribution in [-0.2, 0) is 19.1 Å². The van der Waals surface area contributed by atoms with Crippen molar-refractivity contribution in [3.05, 3.63) is 34.7 Å². The Morgan fingerprint density at radius 2 is 1.92 bits per heavy atom. The fourth-order valence-corrected chi connectivity index (χ4v) is 2.75. The molecule has 2 amide bonds. The SMILES string of the molecule is COCCN1C(=O)S/C(=C/c2ccc(OCC(=O)OC)cc2)C1=O. The van der Waals surface area contributed by atoms with E-state index in [1.54, 1.807) is 30.3 Å². The van der Waals surface area contributed by atoms with Crippen LogP contribution in [0.3, 0.4) is 0 Å². The number of nitrogens with zero attached hydrogens (tertiary/aromatic N) is 1. The zero-order valence-electron chi connectivity index (χ0n) is 13.3.